The van der Waals surface area contributed by atoms with Crippen LogP contribution in [0.15, 0.2) is 17.0 Å². The van der Waals surface area contributed by atoms with E-state index in [0.29, 0.717) is 5.56 Å². The third kappa shape index (κ3) is 2.16. The Bertz CT molecular complexity index is 519. The fourth-order valence-electron chi connectivity index (χ4n) is 1.47. The molecule has 82 valence electrons. The van der Waals surface area contributed by atoms with Gasteiger partial charge in [-0.1, -0.05) is 6.07 Å². The first kappa shape index (κ1) is 11.7. The van der Waals surface area contributed by atoms with Gasteiger partial charge in [-0.05, 0) is 31.0 Å². The zero-order valence-corrected chi connectivity index (χ0v) is 9.13. The summed E-state index contributed by atoms with van der Waals surface area (Å²) in [6.07, 6.45) is 0. The molecule has 6 heteroatoms. The predicted molar refractivity (Wildman–Crippen MR) is 54.2 cm³/mol. The zero-order valence-electron chi connectivity index (χ0n) is 8.31. The molecule has 0 saturated heterocycles. The van der Waals surface area contributed by atoms with Crippen molar-refractivity contribution in [2.75, 3.05) is 0 Å². The van der Waals surface area contributed by atoms with Crippen LogP contribution in [0.25, 0.3) is 0 Å². The van der Waals surface area contributed by atoms with Crippen LogP contribution < -0.4 is 5.14 Å². The largest absolute Gasteiger partial charge is 0.478 e. The lowest BCUT2D eigenvalue weighted by Gasteiger charge is -2.09. The number of carboxylic acid groups (broad SMARTS) is 1. The zero-order chi connectivity index (χ0) is 11.8. The SMILES string of the molecule is Cc1ccc(S(N)(=O)=O)c(C)c1C(=O)O. The molecule has 1 aromatic rings. The van der Waals surface area contributed by atoms with E-state index in [-0.39, 0.29) is 16.0 Å². The quantitative estimate of drug-likeness (QED) is 0.777. The highest BCUT2D eigenvalue weighted by Gasteiger charge is 2.19. The fraction of sp³-hybridized carbons (Fsp3) is 0.222. The minimum absolute atomic E-state index is 0.0125. The molecule has 0 saturated carbocycles. The highest BCUT2D eigenvalue weighted by molar-refractivity contribution is 7.89. The minimum Gasteiger partial charge on any atom is -0.478 e. The summed E-state index contributed by atoms with van der Waals surface area (Å²) in [5, 5.41) is 13.9. The van der Waals surface area contributed by atoms with Crippen molar-refractivity contribution in [3.05, 3.63) is 28.8 Å². The van der Waals surface area contributed by atoms with Gasteiger partial charge in [-0.3, -0.25) is 0 Å². The number of hydrogen-bond donors (Lipinski definition) is 2. The Hall–Kier alpha value is -1.40. The molecule has 5 nitrogen and oxygen atoms in total. The Morgan fingerprint density at radius 1 is 1.33 bits per heavy atom. The molecule has 15 heavy (non-hydrogen) atoms. The Morgan fingerprint density at radius 2 is 1.87 bits per heavy atom. The van der Waals surface area contributed by atoms with Gasteiger partial charge in [0.25, 0.3) is 0 Å². The van der Waals surface area contributed by atoms with Crippen LogP contribution in [-0.4, -0.2) is 19.5 Å². The van der Waals surface area contributed by atoms with Crippen molar-refractivity contribution in [3.8, 4) is 0 Å². The lowest BCUT2D eigenvalue weighted by molar-refractivity contribution is 0.0695. The van der Waals surface area contributed by atoms with E-state index in [2.05, 4.69) is 0 Å². The van der Waals surface area contributed by atoms with Gasteiger partial charge in [-0.2, -0.15) is 0 Å². The summed E-state index contributed by atoms with van der Waals surface area (Å²) < 4.78 is 22.2. The standard InChI is InChI=1S/C9H11NO4S/c1-5-3-4-7(15(10,13)14)6(2)8(5)9(11)12/h3-4H,1-2H3,(H,11,12)(H2,10,13,14). The number of benzene rings is 1. The van der Waals surface area contributed by atoms with Gasteiger partial charge in [0.15, 0.2) is 0 Å². The number of aromatic carboxylic acids is 1. The van der Waals surface area contributed by atoms with E-state index in [0.717, 1.165) is 0 Å². The van der Waals surface area contributed by atoms with Crippen LogP contribution in [0.1, 0.15) is 21.5 Å². The summed E-state index contributed by atoms with van der Waals surface area (Å²) in [6, 6.07) is 2.74. The van der Waals surface area contributed by atoms with Crippen LogP contribution in [-0.2, 0) is 10.0 Å². The van der Waals surface area contributed by atoms with Crippen LogP contribution in [0.4, 0.5) is 0 Å². The van der Waals surface area contributed by atoms with Crippen LogP contribution in [0, 0.1) is 13.8 Å². The normalized spacial score (nSPS) is 11.4. The van der Waals surface area contributed by atoms with Crippen molar-refractivity contribution < 1.29 is 18.3 Å². The monoisotopic (exact) mass is 229 g/mol. The molecule has 1 rings (SSSR count). The summed E-state index contributed by atoms with van der Waals surface area (Å²) in [5.74, 6) is -1.16. The van der Waals surface area contributed by atoms with Gasteiger partial charge < -0.3 is 5.11 Å². The Labute approximate surface area is 87.6 Å². The number of nitrogens with two attached hydrogens (primary N) is 1. The molecule has 0 heterocycles. The van der Waals surface area contributed by atoms with Crippen LogP contribution in [0.5, 0.6) is 0 Å². The maximum Gasteiger partial charge on any atom is 0.336 e. The van der Waals surface area contributed by atoms with E-state index >= 15 is 0 Å². The number of hydrogen-bond acceptors (Lipinski definition) is 3. The van der Waals surface area contributed by atoms with E-state index in [9.17, 15) is 13.2 Å². The van der Waals surface area contributed by atoms with Crippen molar-refractivity contribution in [1.82, 2.24) is 0 Å². The van der Waals surface area contributed by atoms with Gasteiger partial charge in [-0.15, -0.1) is 0 Å². The first-order chi connectivity index (χ1) is 6.75. The molecule has 0 amide bonds. The summed E-state index contributed by atoms with van der Waals surface area (Å²) in [5.41, 5.74) is 0.666. The fourth-order valence-corrected chi connectivity index (χ4v) is 2.25. The Kier molecular flexibility index (Phi) is 2.83. The van der Waals surface area contributed by atoms with Gasteiger partial charge in [0.05, 0.1) is 10.5 Å². The lowest BCUT2D eigenvalue weighted by Crippen LogP contribution is -2.16. The van der Waals surface area contributed by atoms with Crippen LogP contribution >= 0.6 is 0 Å². The summed E-state index contributed by atoms with van der Waals surface area (Å²) in [6.45, 7) is 3.03. The molecule has 0 aliphatic carbocycles. The molecule has 0 aliphatic heterocycles. The summed E-state index contributed by atoms with van der Waals surface area (Å²) >= 11 is 0. The topological polar surface area (TPSA) is 97.5 Å². The van der Waals surface area contributed by atoms with E-state index in [1.54, 1.807) is 6.92 Å². The molecule has 0 unspecified atom stereocenters. The van der Waals surface area contributed by atoms with Gasteiger partial charge >= 0.3 is 5.97 Å². The molecule has 0 atom stereocenters. The highest BCUT2D eigenvalue weighted by atomic mass is 32.2. The molecular weight excluding hydrogens is 218 g/mol. The highest BCUT2D eigenvalue weighted by Crippen LogP contribution is 2.21. The second kappa shape index (κ2) is 3.63. The molecule has 0 spiro atoms. The van der Waals surface area contributed by atoms with E-state index in [4.69, 9.17) is 10.2 Å². The van der Waals surface area contributed by atoms with Crippen molar-refractivity contribution in [1.29, 1.82) is 0 Å². The van der Waals surface area contributed by atoms with Gasteiger partial charge in [0.2, 0.25) is 10.0 Å². The molecule has 3 N–H and O–H groups in total. The number of aryl methyl sites for hydroxylation is 1. The third-order valence-corrected chi connectivity index (χ3v) is 3.20. The molecule has 0 radical (unpaired) electrons. The molecule has 0 bridgehead atoms. The lowest BCUT2D eigenvalue weighted by atomic mass is 10.0. The van der Waals surface area contributed by atoms with Crippen LogP contribution in [0.2, 0.25) is 0 Å². The second-order valence-electron chi connectivity index (χ2n) is 3.23. The van der Waals surface area contributed by atoms with E-state index < -0.39 is 16.0 Å². The molecule has 0 aliphatic rings. The third-order valence-electron chi connectivity index (χ3n) is 2.14. The molecule has 0 aromatic heterocycles. The summed E-state index contributed by atoms with van der Waals surface area (Å²) in [7, 11) is -3.87. The van der Waals surface area contributed by atoms with Crippen molar-refractivity contribution in [2.24, 2.45) is 5.14 Å². The number of rotatable bonds is 2. The average molecular weight is 229 g/mol. The second-order valence-corrected chi connectivity index (χ2v) is 4.76. The summed E-state index contributed by atoms with van der Waals surface area (Å²) in [4.78, 5) is 10.7. The molecule has 1 aromatic carbocycles. The number of sulfonamides is 1. The Balaban J connectivity index is 3.64. The van der Waals surface area contributed by atoms with Gasteiger partial charge in [-0.25, -0.2) is 18.4 Å². The first-order valence-electron chi connectivity index (χ1n) is 4.11. The number of carbonyl (C=O) groups is 1. The van der Waals surface area contributed by atoms with E-state index in [1.165, 1.54) is 19.1 Å². The predicted octanol–water partition coefficient (Wildman–Crippen LogP) is 0.649. The smallest absolute Gasteiger partial charge is 0.336 e. The van der Waals surface area contributed by atoms with Gasteiger partial charge in [0.1, 0.15) is 0 Å². The first-order valence-corrected chi connectivity index (χ1v) is 5.66. The number of primary sulfonamides is 1. The average Bonchev–Trinajstić information content (AvgIpc) is 2.00. The maximum absolute atomic E-state index is 11.1. The Morgan fingerprint density at radius 3 is 2.27 bits per heavy atom. The van der Waals surface area contributed by atoms with Crippen molar-refractivity contribution in [2.45, 2.75) is 18.7 Å². The van der Waals surface area contributed by atoms with Crippen molar-refractivity contribution in [3.63, 3.8) is 0 Å². The van der Waals surface area contributed by atoms with Crippen LogP contribution in [0.3, 0.4) is 0 Å². The molecular formula is C9H11NO4S. The van der Waals surface area contributed by atoms with E-state index in [1.807, 2.05) is 0 Å². The molecule has 0 fully saturated rings. The maximum atomic E-state index is 11.1. The van der Waals surface area contributed by atoms with Gasteiger partial charge in [0, 0.05) is 0 Å². The number of carboxylic acids is 1. The minimum atomic E-state index is -3.87. The van der Waals surface area contributed by atoms with Crippen molar-refractivity contribution >= 4 is 16.0 Å².